The first-order valence-electron chi connectivity index (χ1n) is 6.48. The van der Waals surface area contributed by atoms with Gasteiger partial charge in [-0.25, -0.2) is 15.4 Å². The van der Waals surface area contributed by atoms with E-state index in [2.05, 4.69) is 5.32 Å². The number of carbonyl (C=O) groups excluding carboxylic acids is 2. The number of rotatable bonds is 3. The van der Waals surface area contributed by atoms with Crippen molar-refractivity contribution in [2.45, 2.75) is 32.9 Å². The molecular weight excluding hydrogens is 290 g/mol. The number of benzene rings is 1. The molecule has 0 unspecified atom stereocenters. The van der Waals surface area contributed by atoms with Crippen LogP contribution in [-0.4, -0.2) is 33.8 Å². The second kappa shape index (κ2) is 6.90. The highest BCUT2D eigenvalue weighted by atomic mass is 16.6. The standard InChI is InChI=1S/C14H19N3O5/c1-14(2,3)22-12(19)16-8-9-5-4-6-10(7-9)11(18)17(15)13(20)21/h4-7H,8,15H2,1-3H3,(H,16,19)(H,20,21). The lowest BCUT2D eigenvalue weighted by Gasteiger charge is -2.19. The van der Waals surface area contributed by atoms with E-state index in [0.717, 1.165) is 0 Å². The average molecular weight is 309 g/mol. The Morgan fingerprint density at radius 3 is 2.50 bits per heavy atom. The molecule has 0 bridgehead atoms. The number of imide groups is 1. The van der Waals surface area contributed by atoms with E-state index in [9.17, 15) is 14.4 Å². The fraction of sp³-hybridized carbons (Fsp3) is 0.357. The molecule has 0 saturated carbocycles. The summed E-state index contributed by atoms with van der Waals surface area (Å²) in [7, 11) is 0. The number of hydrogen-bond donors (Lipinski definition) is 3. The van der Waals surface area contributed by atoms with Crippen LogP contribution >= 0.6 is 0 Å². The third-order valence-electron chi connectivity index (χ3n) is 2.43. The molecule has 3 amide bonds. The lowest BCUT2D eigenvalue weighted by Crippen LogP contribution is -2.41. The Balaban J connectivity index is 2.71. The number of hydrazine groups is 1. The number of amides is 3. The highest BCUT2D eigenvalue weighted by molar-refractivity contribution is 6.01. The molecule has 1 aromatic carbocycles. The van der Waals surface area contributed by atoms with Crippen molar-refractivity contribution >= 4 is 18.1 Å². The van der Waals surface area contributed by atoms with Crippen LogP contribution in [0, 0.1) is 0 Å². The molecule has 1 rings (SSSR count). The Morgan fingerprint density at radius 2 is 1.95 bits per heavy atom. The van der Waals surface area contributed by atoms with E-state index in [-0.39, 0.29) is 17.1 Å². The van der Waals surface area contributed by atoms with Gasteiger partial charge < -0.3 is 15.2 Å². The quantitative estimate of drug-likeness (QED) is 0.444. The molecular formula is C14H19N3O5. The van der Waals surface area contributed by atoms with E-state index in [1.54, 1.807) is 32.9 Å². The zero-order chi connectivity index (χ0) is 16.9. The number of carboxylic acid groups (broad SMARTS) is 1. The topological polar surface area (TPSA) is 122 Å². The smallest absolute Gasteiger partial charge is 0.429 e. The van der Waals surface area contributed by atoms with Gasteiger partial charge in [-0.2, -0.15) is 5.01 Å². The van der Waals surface area contributed by atoms with E-state index < -0.39 is 23.7 Å². The second-order valence-corrected chi connectivity index (χ2v) is 5.51. The Bertz CT molecular complexity index is 580. The third-order valence-corrected chi connectivity index (χ3v) is 2.43. The third kappa shape index (κ3) is 5.41. The normalized spacial score (nSPS) is 10.7. The van der Waals surface area contributed by atoms with Crippen molar-refractivity contribution < 1.29 is 24.2 Å². The maximum Gasteiger partial charge on any atom is 0.429 e. The van der Waals surface area contributed by atoms with Gasteiger partial charge in [0.15, 0.2) is 0 Å². The summed E-state index contributed by atoms with van der Waals surface area (Å²) in [6, 6.07) is 6.12. The van der Waals surface area contributed by atoms with Gasteiger partial charge >= 0.3 is 12.2 Å². The van der Waals surface area contributed by atoms with Crippen LogP contribution in [0.4, 0.5) is 9.59 Å². The summed E-state index contributed by atoms with van der Waals surface area (Å²) in [6.07, 6.45) is -2.14. The summed E-state index contributed by atoms with van der Waals surface area (Å²) in [5.41, 5.74) is 0.104. The molecule has 8 nitrogen and oxygen atoms in total. The zero-order valence-corrected chi connectivity index (χ0v) is 12.6. The van der Waals surface area contributed by atoms with E-state index in [1.807, 2.05) is 0 Å². The molecule has 0 aliphatic carbocycles. The number of nitrogens with zero attached hydrogens (tertiary/aromatic N) is 1. The zero-order valence-electron chi connectivity index (χ0n) is 12.6. The maximum absolute atomic E-state index is 11.8. The predicted molar refractivity (Wildman–Crippen MR) is 77.9 cm³/mol. The van der Waals surface area contributed by atoms with Gasteiger partial charge in [-0.05, 0) is 38.5 Å². The Morgan fingerprint density at radius 1 is 1.32 bits per heavy atom. The van der Waals surface area contributed by atoms with Crippen molar-refractivity contribution in [3.8, 4) is 0 Å². The molecule has 120 valence electrons. The number of nitrogens with one attached hydrogen (secondary N) is 1. The van der Waals surface area contributed by atoms with Crippen LogP contribution in [0.1, 0.15) is 36.7 Å². The van der Waals surface area contributed by atoms with E-state index >= 15 is 0 Å². The molecule has 0 aromatic heterocycles. The summed E-state index contributed by atoms with van der Waals surface area (Å²) in [5, 5.41) is 11.3. The molecule has 0 fully saturated rings. The number of alkyl carbamates (subject to hydrolysis) is 1. The van der Waals surface area contributed by atoms with Gasteiger partial charge in [0.2, 0.25) is 0 Å². The van der Waals surface area contributed by atoms with Crippen LogP contribution in [0.15, 0.2) is 24.3 Å². The molecule has 0 aliphatic rings. The fourth-order valence-electron chi connectivity index (χ4n) is 1.53. The minimum absolute atomic E-state index is 0.0976. The monoisotopic (exact) mass is 309 g/mol. The fourth-order valence-corrected chi connectivity index (χ4v) is 1.53. The molecule has 0 radical (unpaired) electrons. The van der Waals surface area contributed by atoms with Gasteiger partial charge in [0.1, 0.15) is 5.60 Å². The molecule has 0 saturated heterocycles. The van der Waals surface area contributed by atoms with Crippen LogP contribution in [0.25, 0.3) is 0 Å². The minimum atomic E-state index is -1.55. The minimum Gasteiger partial charge on any atom is -0.464 e. The van der Waals surface area contributed by atoms with Crippen LogP contribution < -0.4 is 11.2 Å². The van der Waals surface area contributed by atoms with E-state index in [1.165, 1.54) is 12.1 Å². The Kier molecular flexibility index (Phi) is 5.47. The van der Waals surface area contributed by atoms with Gasteiger partial charge in [0.05, 0.1) is 0 Å². The molecule has 4 N–H and O–H groups in total. The van der Waals surface area contributed by atoms with Crippen LogP contribution in [0.2, 0.25) is 0 Å². The van der Waals surface area contributed by atoms with Crippen molar-refractivity contribution in [2.24, 2.45) is 5.84 Å². The van der Waals surface area contributed by atoms with E-state index in [0.29, 0.717) is 5.56 Å². The molecule has 0 spiro atoms. The molecule has 0 heterocycles. The largest absolute Gasteiger partial charge is 0.464 e. The van der Waals surface area contributed by atoms with Gasteiger partial charge in [-0.15, -0.1) is 0 Å². The first-order chi connectivity index (χ1) is 10.1. The second-order valence-electron chi connectivity index (χ2n) is 5.51. The van der Waals surface area contributed by atoms with Gasteiger partial charge in [-0.3, -0.25) is 4.79 Å². The molecule has 0 aliphatic heterocycles. The van der Waals surface area contributed by atoms with Crippen molar-refractivity contribution in [2.75, 3.05) is 0 Å². The van der Waals surface area contributed by atoms with Crippen molar-refractivity contribution in [1.82, 2.24) is 10.3 Å². The number of ether oxygens (including phenoxy) is 1. The molecule has 1 aromatic rings. The first-order valence-corrected chi connectivity index (χ1v) is 6.48. The molecule has 8 heteroatoms. The van der Waals surface area contributed by atoms with Gasteiger partial charge in [0.25, 0.3) is 5.91 Å². The van der Waals surface area contributed by atoms with Crippen molar-refractivity contribution in [3.05, 3.63) is 35.4 Å². The number of nitrogens with two attached hydrogens (primary N) is 1. The Labute approximate surface area is 127 Å². The lowest BCUT2D eigenvalue weighted by molar-refractivity contribution is 0.0523. The van der Waals surface area contributed by atoms with Gasteiger partial charge in [-0.1, -0.05) is 12.1 Å². The van der Waals surface area contributed by atoms with E-state index in [4.69, 9.17) is 15.7 Å². The molecule has 22 heavy (non-hydrogen) atoms. The highest BCUT2D eigenvalue weighted by Crippen LogP contribution is 2.09. The summed E-state index contributed by atoms with van der Waals surface area (Å²) >= 11 is 0. The first kappa shape index (κ1) is 17.4. The summed E-state index contributed by atoms with van der Waals surface area (Å²) in [5.74, 6) is 4.27. The van der Waals surface area contributed by atoms with Crippen LogP contribution in [-0.2, 0) is 11.3 Å². The number of carbonyl (C=O) groups is 3. The SMILES string of the molecule is CC(C)(C)OC(=O)NCc1cccc(C(=O)N(N)C(=O)O)c1. The average Bonchev–Trinajstić information content (AvgIpc) is 2.42. The van der Waals surface area contributed by atoms with Crippen LogP contribution in [0.5, 0.6) is 0 Å². The van der Waals surface area contributed by atoms with Gasteiger partial charge in [0, 0.05) is 12.1 Å². The predicted octanol–water partition coefficient (Wildman–Crippen LogP) is 1.71. The highest BCUT2D eigenvalue weighted by Gasteiger charge is 2.19. The van der Waals surface area contributed by atoms with Crippen molar-refractivity contribution in [1.29, 1.82) is 0 Å². The maximum atomic E-state index is 11.8. The Hall–Kier alpha value is -2.61. The molecule has 0 atom stereocenters. The summed E-state index contributed by atoms with van der Waals surface area (Å²) < 4.78 is 5.08. The van der Waals surface area contributed by atoms with Crippen molar-refractivity contribution in [3.63, 3.8) is 0 Å². The lowest BCUT2D eigenvalue weighted by atomic mass is 10.1. The summed E-state index contributed by atoms with van der Waals surface area (Å²) in [4.78, 5) is 34.0. The van der Waals surface area contributed by atoms with Crippen LogP contribution in [0.3, 0.4) is 0 Å². The number of hydrogen-bond acceptors (Lipinski definition) is 5. The summed E-state index contributed by atoms with van der Waals surface area (Å²) in [6.45, 7) is 5.36.